The van der Waals surface area contributed by atoms with Gasteiger partial charge in [-0.2, -0.15) is 0 Å². The average Bonchev–Trinajstić information content (AvgIpc) is 2.33. The maximum Gasteiger partial charge on any atom is 0.258 e. The van der Waals surface area contributed by atoms with Crippen LogP contribution in [-0.4, -0.2) is 10.9 Å². The molecular formula is C16H17BrN2O. The van der Waals surface area contributed by atoms with E-state index in [1.807, 2.05) is 33.8 Å². The van der Waals surface area contributed by atoms with Crippen LogP contribution in [0.3, 0.4) is 0 Å². The number of nitrogens with one attached hydrogen (secondary N) is 1. The fourth-order valence-electron chi connectivity index (χ4n) is 2.25. The number of rotatable bonds is 2. The van der Waals surface area contributed by atoms with Crippen molar-refractivity contribution in [2.24, 2.45) is 0 Å². The van der Waals surface area contributed by atoms with Crippen molar-refractivity contribution in [3.8, 4) is 0 Å². The van der Waals surface area contributed by atoms with E-state index in [2.05, 4.69) is 38.4 Å². The number of hydrogen-bond donors (Lipinski definition) is 1. The zero-order valence-corrected chi connectivity index (χ0v) is 13.6. The van der Waals surface area contributed by atoms with E-state index in [4.69, 9.17) is 0 Å². The van der Waals surface area contributed by atoms with Crippen LogP contribution in [0, 0.1) is 27.7 Å². The molecule has 2 aromatic rings. The van der Waals surface area contributed by atoms with Gasteiger partial charge in [-0.1, -0.05) is 17.7 Å². The van der Waals surface area contributed by atoms with Crippen LogP contribution in [0.15, 0.2) is 28.9 Å². The summed E-state index contributed by atoms with van der Waals surface area (Å²) in [6.07, 6.45) is 0. The van der Waals surface area contributed by atoms with Crippen molar-refractivity contribution >= 4 is 27.5 Å². The highest BCUT2D eigenvalue weighted by Gasteiger charge is 2.13. The van der Waals surface area contributed by atoms with Gasteiger partial charge in [0, 0.05) is 11.4 Å². The molecule has 0 bridgehead atoms. The van der Waals surface area contributed by atoms with Crippen molar-refractivity contribution in [1.29, 1.82) is 0 Å². The van der Waals surface area contributed by atoms with Gasteiger partial charge in [0.05, 0.1) is 5.56 Å². The normalized spacial score (nSPS) is 10.4. The Kier molecular flexibility index (Phi) is 4.23. The van der Waals surface area contributed by atoms with E-state index >= 15 is 0 Å². The van der Waals surface area contributed by atoms with Gasteiger partial charge in [-0.05, 0) is 66.9 Å². The standard InChI is InChI=1S/C16H17BrN2O/c1-9-7-10(2)14(11(3)8-9)19-16(20)13-6-5-12(4)18-15(13)17/h5-8H,1-4H3,(H,19,20). The number of nitrogens with zero attached hydrogens (tertiary/aromatic N) is 1. The second-order valence-corrected chi connectivity index (χ2v) is 5.77. The largest absolute Gasteiger partial charge is 0.321 e. The summed E-state index contributed by atoms with van der Waals surface area (Å²) in [5.74, 6) is -0.153. The molecule has 0 saturated carbocycles. The maximum atomic E-state index is 12.4. The Morgan fingerprint density at radius 3 is 2.25 bits per heavy atom. The molecule has 2 rings (SSSR count). The van der Waals surface area contributed by atoms with Crippen molar-refractivity contribution in [3.05, 3.63) is 56.8 Å². The molecule has 0 unspecified atom stereocenters. The smallest absolute Gasteiger partial charge is 0.258 e. The van der Waals surface area contributed by atoms with Gasteiger partial charge in [0.1, 0.15) is 4.60 Å². The molecule has 104 valence electrons. The zero-order chi connectivity index (χ0) is 14.9. The number of amides is 1. The maximum absolute atomic E-state index is 12.4. The molecule has 0 spiro atoms. The number of aromatic nitrogens is 1. The van der Waals surface area contributed by atoms with Crippen molar-refractivity contribution in [2.45, 2.75) is 27.7 Å². The van der Waals surface area contributed by atoms with Gasteiger partial charge in [-0.3, -0.25) is 4.79 Å². The molecule has 1 heterocycles. The summed E-state index contributed by atoms with van der Waals surface area (Å²) in [4.78, 5) is 16.6. The van der Waals surface area contributed by atoms with Crippen LogP contribution in [0.5, 0.6) is 0 Å². The number of benzene rings is 1. The first-order chi connectivity index (χ1) is 9.38. The molecule has 1 amide bonds. The number of anilines is 1. The molecule has 0 radical (unpaired) electrons. The third kappa shape index (κ3) is 3.07. The molecule has 1 N–H and O–H groups in total. The minimum atomic E-state index is -0.153. The van der Waals surface area contributed by atoms with Gasteiger partial charge in [0.2, 0.25) is 0 Å². The quantitative estimate of drug-likeness (QED) is 0.831. The summed E-state index contributed by atoms with van der Waals surface area (Å²) >= 11 is 3.34. The monoisotopic (exact) mass is 332 g/mol. The first-order valence-corrected chi connectivity index (χ1v) is 7.20. The second kappa shape index (κ2) is 5.75. The second-order valence-electron chi connectivity index (χ2n) is 5.02. The lowest BCUT2D eigenvalue weighted by Crippen LogP contribution is -2.15. The molecule has 0 aliphatic carbocycles. The van der Waals surface area contributed by atoms with Crippen molar-refractivity contribution in [3.63, 3.8) is 0 Å². The molecule has 1 aromatic heterocycles. The van der Waals surface area contributed by atoms with Crippen LogP contribution in [0.2, 0.25) is 0 Å². The van der Waals surface area contributed by atoms with Crippen LogP contribution in [0.4, 0.5) is 5.69 Å². The Morgan fingerprint density at radius 1 is 1.10 bits per heavy atom. The summed E-state index contributed by atoms with van der Waals surface area (Å²) in [6, 6.07) is 7.73. The number of halogens is 1. The number of aryl methyl sites for hydroxylation is 4. The lowest BCUT2D eigenvalue weighted by molar-refractivity contribution is 0.102. The lowest BCUT2D eigenvalue weighted by Gasteiger charge is -2.13. The zero-order valence-electron chi connectivity index (χ0n) is 12.0. The van der Waals surface area contributed by atoms with E-state index in [-0.39, 0.29) is 5.91 Å². The molecule has 1 aromatic carbocycles. The molecule has 0 aliphatic heterocycles. The summed E-state index contributed by atoms with van der Waals surface area (Å²) < 4.78 is 0.567. The van der Waals surface area contributed by atoms with Gasteiger partial charge in [0.25, 0.3) is 5.91 Å². The minimum Gasteiger partial charge on any atom is -0.321 e. The van der Waals surface area contributed by atoms with E-state index in [1.165, 1.54) is 5.56 Å². The first kappa shape index (κ1) is 14.7. The molecule has 0 aliphatic rings. The lowest BCUT2D eigenvalue weighted by atomic mass is 10.0. The average molecular weight is 333 g/mol. The topological polar surface area (TPSA) is 42.0 Å². The van der Waals surface area contributed by atoms with E-state index in [1.54, 1.807) is 6.07 Å². The Hall–Kier alpha value is -1.68. The fourth-order valence-corrected chi connectivity index (χ4v) is 2.84. The van der Waals surface area contributed by atoms with Gasteiger partial charge in [-0.15, -0.1) is 0 Å². The SMILES string of the molecule is Cc1cc(C)c(NC(=O)c2ccc(C)nc2Br)c(C)c1. The Balaban J connectivity index is 2.33. The molecule has 20 heavy (non-hydrogen) atoms. The van der Waals surface area contributed by atoms with Crippen molar-refractivity contribution in [1.82, 2.24) is 4.98 Å². The Morgan fingerprint density at radius 2 is 1.70 bits per heavy atom. The fraction of sp³-hybridized carbons (Fsp3) is 0.250. The van der Waals surface area contributed by atoms with Crippen LogP contribution in [-0.2, 0) is 0 Å². The summed E-state index contributed by atoms with van der Waals surface area (Å²) in [6.45, 7) is 7.93. The van der Waals surface area contributed by atoms with Crippen molar-refractivity contribution < 1.29 is 4.79 Å². The molecule has 0 fully saturated rings. The van der Waals surface area contributed by atoms with E-state index < -0.39 is 0 Å². The Bertz CT molecular complexity index is 657. The predicted octanol–water partition coefficient (Wildman–Crippen LogP) is 4.33. The van der Waals surface area contributed by atoms with Crippen LogP contribution >= 0.6 is 15.9 Å². The van der Waals surface area contributed by atoms with Gasteiger partial charge < -0.3 is 5.32 Å². The summed E-state index contributed by atoms with van der Waals surface area (Å²) in [5, 5.41) is 2.97. The summed E-state index contributed by atoms with van der Waals surface area (Å²) in [7, 11) is 0. The van der Waals surface area contributed by atoms with Crippen molar-refractivity contribution in [2.75, 3.05) is 5.32 Å². The van der Waals surface area contributed by atoms with Gasteiger partial charge in [0.15, 0.2) is 0 Å². The highest BCUT2D eigenvalue weighted by atomic mass is 79.9. The van der Waals surface area contributed by atoms with Gasteiger partial charge >= 0.3 is 0 Å². The third-order valence-electron chi connectivity index (χ3n) is 3.15. The van der Waals surface area contributed by atoms with Gasteiger partial charge in [-0.25, -0.2) is 4.98 Å². The molecule has 0 atom stereocenters. The molecule has 3 nitrogen and oxygen atoms in total. The van der Waals surface area contributed by atoms with E-state index in [0.29, 0.717) is 10.2 Å². The van der Waals surface area contributed by atoms with E-state index in [9.17, 15) is 4.79 Å². The van der Waals surface area contributed by atoms with Crippen LogP contribution in [0.1, 0.15) is 32.7 Å². The first-order valence-electron chi connectivity index (χ1n) is 6.41. The highest BCUT2D eigenvalue weighted by molar-refractivity contribution is 9.10. The minimum absolute atomic E-state index is 0.153. The summed E-state index contributed by atoms with van der Waals surface area (Å²) in [5.41, 5.74) is 5.59. The highest BCUT2D eigenvalue weighted by Crippen LogP contribution is 2.24. The Labute approximate surface area is 127 Å². The molecule has 0 saturated heterocycles. The molecule has 4 heteroatoms. The number of pyridine rings is 1. The van der Waals surface area contributed by atoms with Crippen LogP contribution < -0.4 is 5.32 Å². The predicted molar refractivity (Wildman–Crippen MR) is 85.3 cm³/mol. The molecular weight excluding hydrogens is 316 g/mol. The number of hydrogen-bond acceptors (Lipinski definition) is 2. The van der Waals surface area contributed by atoms with Crippen LogP contribution in [0.25, 0.3) is 0 Å². The van der Waals surface area contributed by atoms with E-state index in [0.717, 1.165) is 22.5 Å². The third-order valence-corrected chi connectivity index (χ3v) is 3.75. The number of carbonyl (C=O) groups excluding carboxylic acids is 1. The number of carbonyl (C=O) groups is 1.